The van der Waals surface area contributed by atoms with E-state index in [2.05, 4.69) is 15.4 Å². The fourth-order valence-electron chi connectivity index (χ4n) is 2.62. The number of carbonyl (C=O) groups excluding carboxylic acids is 1. The minimum absolute atomic E-state index is 0.0500. The highest BCUT2D eigenvalue weighted by atomic mass is 19.4. The number of halogens is 3. The van der Waals surface area contributed by atoms with Gasteiger partial charge in [0.15, 0.2) is 0 Å². The third kappa shape index (κ3) is 2.44. The summed E-state index contributed by atoms with van der Waals surface area (Å²) in [5, 5.41) is 10.4. The molecule has 2 heterocycles. The first-order valence-electron chi connectivity index (χ1n) is 6.72. The lowest BCUT2D eigenvalue weighted by molar-refractivity contribution is -0.138. The van der Waals surface area contributed by atoms with Crippen molar-refractivity contribution < 1.29 is 18.0 Å². The Kier molecular flexibility index (Phi) is 3.38. The lowest BCUT2D eigenvalue weighted by Gasteiger charge is -2.26. The van der Waals surface area contributed by atoms with Gasteiger partial charge in [0.2, 0.25) is 0 Å². The Morgan fingerprint density at radius 1 is 1.27 bits per heavy atom. The van der Waals surface area contributed by atoms with E-state index in [0.29, 0.717) is 18.7 Å². The van der Waals surface area contributed by atoms with Crippen molar-refractivity contribution in [2.75, 3.05) is 6.54 Å². The minimum Gasteiger partial charge on any atom is -0.332 e. The summed E-state index contributed by atoms with van der Waals surface area (Å²) in [6.07, 6.45) is -3.93. The van der Waals surface area contributed by atoms with Gasteiger partial charge in [-0.15, -0.1) is 0 Å². The molecular weight excluding hydrogens is 297 g/mol. The predicted molar refractivity (Wildman–Crippen MR) is 71.0 cm³/mol. The number of hydrogen-bond donors (Lipinski definition) is 1. The van der Waals surface area contributed by atoms with Gasteiger partial charge in [-0.25, -0.2) is 0 Å². The second-order valence-electron chi connectivity index (χ2n) is 5.17. The highest BCUT2D eigenvalue weighted by molar-refractivity contribution is 5.96. The van der Waals surface area contributed by atoms with Crippen molar-refractivity contribution in [2.24, 2.45) is 0 Å². The Morgan fingerprint density at radius 3 is 2.73 bits per heavy atom. The molecule has 1 aromatic carbocycles. The molecule has 116 valence electrons. The molecule has 0 saturated carbocycles. The molecule has 1 aliphatic heterocycles. The molecule has 3 rings (SSSR count). The van der Waals surface area contributed by atoms with Crippen molar-refractivity contribution in [3.8, 4) is 0 Å². The number of alkyl halides is 3. The second kappa shape index (κ2) is 5.11. The predicted octanol–water partition coefficient (Wildman–Crippen LogP) is 2.33. The summed E-state index contributed by atoms with van der Waals surface area (Å²) in [6, 6.07) is 3.66. The number of hydrogen-bond acceptors (Lipinski definition) is 3. The van der Waals surface area contributed by atoms with Crippen LogP contribution >= 0.6 is 0 Å². The van der Waals surface area contributed by atoms with Gasteiger partial charge in [0, 0.05) is 18.5 Å². The number of nitrogens with one attached hydrogen (secondary N) is 1. The van der Waals surface area contributed by atoms with Gasteiger partial charge in [-0.05, 0) is 24.6 Å². The Labute approximate surface area is 124 Å². The molecule has 0 radical (unpaired) electrons. The zero-order valence-corrected chi connectivity index (χ0v) is 11.7. The summed E-state index contributed by atoms with van der Waals surface area (Å²) < 4.78 is 38.8. The van der Waals surface area contributed by atoms with Crippen molar-refractivity contribution in [1.82, 2.24) is 20.3 Å². The van der Waals surface area contributed by atoms with Crippen LogP contribution in [0.25, 0.3) is 0 Å². The molecule has 1 aliphatic rings. The topological polar surface area (TPSA) is 61.9 Å². The van der Waals surface area contributed by atoms with Gasteiger partial charge in [-0.1, -0.05) is 6.07 Å². The normalized spacial score (nSPS) is 14.8. The van der Waals surface area contributed by atoms with E-state index in [1.165, 1.54) is 24.0 Å². The van der Waals surface area contributed by atoms with E-state index in [9.17, 15) is 18.0 Å². The van der Waals surface area contributed by atoms with E-state index in [-0.39, 0.29) is 17.7 Å². The molecule has 5 nitrogen and oxygen atoms in total. The summed E-state index contributed by atoms with van der Waals surface area (Å²) >= 11 is 0. The van der Waals surface area contributed by atoms with Crippen LogP contribution in [0, 0.1) is 6.92 Å². The van der Waals surface area contributed by atoms with Crippen LogP contribution in [-0.4, -0.2) is 32.8 Å². The lowest BCUT2D eigenvalue weighted by atomic mass is 10.00. The van der Waals surface area contributed by atoms with Gasteiger partial charge in [0.05, 0.1) is 17.8 Å². The summed E-state index contributed by atoms with van der Waals surface area (Å²) in [4.78, 5) is 14.0. The first-order valence-corrected chi connectivity index (χ1v) is 6.72. The molecule has 0 fully saturated rings. The number of aromatic nitrogens is 3. The summed E-state index contributed by atoms with van der Waals surface area (Å²) in [7, 11) is 0. The summed E-state index contributed by atoms with van der Waals surface area (Å²) in [6.45, 7) is 1.98. The molecule has 22 heavy (non-hydrogen) atoms. The number of benzene rings is 1. The van der Waals surface area contributed by atoms with Gasteiger partial charge in [-0.3, -0.25) is 4.79 Å². The number of carbonyl (C=O) groups is 1. The van der Waals surface area contributed by atoms with Crippen molar-refractivity contribution >= 4 is 5.91 Å². The molecule has 8 heteroatoms. The maximum absolute atomic E-state index is 12.9. The van der Waals surface area contributed by atoms with Gasteiger partial charge in [0.25, 0.3) is 5.91 Å². The zero-order chi connectivity index (χ0) is 15.9. The van der Waals surface area contributed by atoms with Gasteiger partial charge in [0.1, 0.15) is 5.69 Å². The fourth-order valence-corrected chi connectivity index (χ4v) is 2.62. The molecule has 0 spiro atoms. The molecule has 1 N–H and O–H groups in total. The Balaban J connectivity index is 1.91. The molecule has 0 unspecified atom stereocenters. The summed E-state index contributed by atoms with van der Waals surface area (Å²) in [5.74, 6) is -0.419. The fraction of sp³-hybridized carbons (Fsp3) is 0.357. The number of rotatable bonds is 1. The van der Waals surface area contributed by atoms with Gasteiger partial charge < -0.3 is 4.90 Å². The highest BCUT2D eigenvalue weighted by Gasteiger charge is 2.34. The van der Waals surface area contributed by atoms with Gasteiger partial charge >= 0.3 is 6.18 Å². The van der Waals surface area contributed by atoms with E-state index in [0.717, 1.165) is 11.8 Å². The van der Waals surface area contributed by atoms with Crippen molar-refractivity contribution in [3.63, 3.8) is 0 Å². The molecule has 0 bridgehead atoms. The summed E-state index contributed by atoms with van der Waals surface area (Å²) in [5.41, 5.74) is 0.694. The monoisotopic (exact) mass is 310 g/mol. The highest BCUT2D eigenvalue weighted by Crippen LogP contribution is 2.33. The van der Waals surface area contributed by atoms with Crippen LogP contribution in [0.1, 0.15) is 32.9 Å². The third-order valence-electron chi connectivity index (χ3n) is 3.82. The first-order chi connectivity index (χ1) is 10.4. The molecule has 0 atom stereocenters. The van der Waals surface area contributed by atoms with E-state index < -0.39 is 17.6 Å². The quantitative estimate of drug-likeness (QED) is 0.879. The van der Waals surface area contributed by atoms with E-state index in [4.69, 9.17) is 0 Å². The van der Waals surface area contributed by atoms with Crippen LogP contribution < -0.4 is 0 Å². The number of amides is 1. The largest absolute Gasteiger partial charge is 0.416 e. The smallest absolute Gasteiger partial charge is 0.332 e. The average molecular weight is 310 g/mol. The van der Waals surface area contributed by atoms with Crippen molar-refractivity contribution in [3.05, 3.63) is 46.3 Å². The standard InChI is InChI=1S/C14H13F3N4O/c1-8-9(3-2-4-10(8)14(15,16)17)13(22)21-6-5-11-12(7-21)19-20-18-11/h2-4H,5-7H2,1H3,(H,18,19,20). The Morgan fingerprint density at radius 2 is 2.00 bits per heavy atom. The van der Waals surface area contributed by atoms with Crippen molar-refractivity contribution in [2.45, 2.75) is 26.1 Å². The van der Waals surface area contributed by atoms with Crippen LogP contribution in [0.3, 0.4) is 0 Å². The maximum atomic E-state index is 12.9. The zero-order valence-electron chi connectivity index (χ0n) is 11.7. The van der Waals surface area contributed by atoms with Crippen LogP contribution in [0.4, 0.5) is 13.2 Å². The van der Waals surface area contributed by atoms with Gasteiger partial charge in [-0.2, -0.15) is 28.6 Å². The maximum Gasteiger partial charge on any atom is 0.416 e. The number of fused-ring (bicyclic) bond motifs is 1. The van der Waals surface area contributed by atoms with E-state index in [1.54, 1.807) is 0 Å². The third-order valence-corrected chi connectivity index (χ3v) is 3.82. The molecule has 0 aliphatic carbocycles. The van der Waals surface area contributed by atoms with Crippen LogP contribution in [0.5, 0.6) is 0 Å². The molecular formula is C14H13F3N4O. The Hall–Kier alpha value is -2.38. The van der Waals surface area contributed by atoms with Crippen LogP contribution in [0.15, 0.2) is 18.2 Å². The average Bonchev–Trinajstić information content (AvgIpc) is 2.93. The van der Waals surface area contributed by atoms with Crippen molar-refractivity contribution in [1.29, 1.82) is 0 Å². The first kappa shape index (κ1) is 14.6. The SMILES string of the molecule is Cc1c(C(=O)N2CCc3n[nH]nc3C2)cccc1C(F)(F)F. The lowest BCUT2D eigenvalue weighted by Crippen LogP contribution is -2.36. The van der Waals surface area contributed by atoms with E-state index in [1.807, 2.05) is 0 Å². The number of aromatic amines is 1. The Bertz CT molecular complexity index is 723. The van der Waals surface area contributed by atoms with Crippen LogP contribution in [-0.2, 0) is 19.1 Å². The number of nitrogens with zero attached hydrogens (tertiary/aromatic N) is 3. The second-order valence-corrected chi connectivity index (χ2v) is 5.17. The molecule has 1 aromatic heterocycles. The van der Waals surface area contributed by atoms with Crippen LogP contribution in [0.2, 0.25) is 0 Å². The molecule has 2 aromatic rings. The van der Waals surface area contributed by atoms with E-state index >= 15 is 0 Å². The minimum atomic E-state index is -4.47. The molecule has 0 saturated heterocycles. The molecule has 1 amide bonds. The number of H-pyrrole nitrogens is 1.